The first-order chi connectivity index (χ1) is 8.72. The van der Waals surface area contributed by atoms with Crippen molar-refractivity contribution in [3.05, 3.63) is 16.8 Å². The molecule has 4 nitrogen and oxygen atoms in total. The number of aromatic nitrogens is 2. The van der Waals surface area contributed by atoms with Gasteiger partial charge in [-0.25, -0.2) is 0 Å². The molecule has 1 fully saturated rings. The normalized spacial score (nSPS) is 20.9. The summed E-state index contributed by atoms with van der Waals surface area (Å²) >= 11 is 6.07. The van der Waals surface area contributed by atoms with Crippen LogP contribution in [0.15, 0.2) is 6.07 Å². The van der Waals surface area contributed by atoms with Crippen molar-refractivity contribution in [1.82, 2.24) is 15.1 Å². The Morgan fingerprint density at radius 3 is 3.00 bits per heavy atom. The standard InChI is InChI=1S/C13H20ClN3O/c1-3-17-6-4-5-10(9-17)7-11-8-12(14)13(18-2)16-15-11/h8,10H,3-7,9H2,1-2H3. The number of methoxy groups -OCH3 is 1. The van der Waals surface area contributed by atoms with Crippen LogP contribution in [0.1, 0.15) is 25.5 Å². The second kappa shape index (κ2) is 6.34. The molecule has 0 bridgehead atoms. The fourth-order valence-electron chi connectivity index (χ4n) is 2.53. The Hall–Kier alpha value is -0.870. The van der Waals surface area contributed by atoms with Crippen LogP contribution in [0, 0.1) is 5.92 Å². The van der Waals surface area contributed by atoms with Crippen molar-refractivity contribution in [3.63, 3.8) is 0 Å². The summed E-state index contributed by atoms with van der Waals surface area (Å²) in [5.74, 6) is 1.07. The van der Waals surface area contributed by atoms with Crippen molar-refractivity contribution in [2.24, 2.45) is 5.92 Å². The third-order valence-corrected chi connectivity index (χ3v) is 3.78. The maximum Gasteiger partial charge on any atom is 0.252 e. The second-order valence-electron chi connectivity index (χ2n) is 4.80. The van der Waals surface area contributed by atoms with Crippen LogP contribution in [0.4, 0.5) is 0 Å². The highest BCUT2D eigenvalue weighted by atomic mass is 35.5. The number of nitrogens with zero attached hydrogens (tertiary/aromatic N) is 3. The predicted octanol–water partition coefficient (Wildman–Crippen LogP) is 2.41. The van der Waals surface area contributed by atoms with E-state index in [0.29, 0.717) is 16.8 Å². The molecule has 1 aromatic rings. The van der Waals surface area contributed by atoms with Crippen LogP contribution in [-0.2, 0) is 6.42 Å². The average molecular weight is 270 g/mol. The van der Waals surface area contributed by atoms with Crippen molar-refractivity contribution in [2.75, 3.05) is 26.7 Å². The van der Waals surface area contributed by atoms with E-state index in [-0.39, 0.29) is 0 Å². The van der Waals surface area contributed by atoms with Crippen molar-refractivity contribution in [1.29, 1.82) is 0 Å². The monoisotopic (exact) mass is 269 g/mol. The average Bonchev–Trinajstić information content (AvgIpc) is 2.39. The minimum absolute atomic E-state index is 0.402. The topological polar surface area (TPSA) is 38.2 Å². The molecule has 5 heteroatoms. The summed E-state index contributed by atoms with van der Waals surface area (Å²) in [5, 5.41) is 8.71. The number of hydrogen-bond donors (Lipinski definition) is 0. The summed E-state index contributed by atoms with van der Waals surface area (Å²) in [4.78, 5) is 2.49. The molecule has 1 saturated heterocycles. The molecule has 1 aromatic heterocycles. The molecule has 0 aliphatic carbocycles. The maximum absolute atomic E-state index is 6.07. The Morgan fingerprint density at radius 2 is 2.33 bits per heavy atom. The summed E-state index contributed by atoms with van der Waals surface area (Å²) in [6, 6.07) is 1.87. The molecular formula is C13H20ClN3O. The number of likely N-dealkylation sites (tertiary alicyclic amines) is 1. The number of ether oxygens (including phenoxy) is 1. The van der Waals surface area contributed by atoms with Crippen molar-refractivity contribution < 1.29 is 4.74 Å². The van der Waals surface area contributed by atoms with Gasteiger partial charge in [-0.05, 0) is 44.3 Å². The van der Waals surface area contributed by atoms with Crippen molar-refractivity contribution in [2.45, 2.75) is 26.2 Å². The van der Waals surface area contributed by atoms with Crippen molar-refractivity contribution >= 4 is 11.6 Å². The fraction of sp³-hybridized carbons (Fsp3) is 0.692. The molecule has 2 rings (SSSR count). The van der Waals surface area contributed by atoms with Crippen LogP contribution in [0.25, 0.3) is 0 Å². The zero-order chi connectivity index (χ0) is 13.0. The van der Waals surface area contributed by atoms with Crippen LogP contribution in [0.3, 0.4) is 0 Å². The van der Waals surface area contributed by atoms with Gasteiger partial charge in [0.05, 0.1) is 12.8 Å². The Labute approximate surface area is 113 Å². The van der Waals surface area contributed by atoms with Gasteiger partial charge in [0.1, 0.15) is 5.02 Å². The third kappa shape index (κ3) is 3.33. The smallest absolute Gasteiger partial charge is 0.252 e. The lowest BCUT2D eigenvalue weighted by Gasteiger charge is -2.31. The summed E-state index contributed by atoms with van der Waals surface area (Å²) in [7, 11) is 1.55. The van der Waals surface area contributed by atoms with Gasteiger partial charge in [-0.1, -0.05) is 18.5 Å². The molecule has 0 radical (unpaired) electrons. The van der Waals surface area contributed by atoms with Crippen LogP contribution in [0.2, 0.25) is 5.02 Å². The van der Waals surface area contributed by atoms with Crippen LogP contribution in [-0.4, -0.2) is 41.8 Å². The first-order valence-corrected chi connectivity index (χ1v) is 6.89. The van der Waals surface area contributed by atoms with E-state index in [9.17, 15) is 0 Å². The molecule has 0 saturated carbocycles. The van der Waals surface area contributed by atoms with Crippen LogP contribution in [0.5, 0.6) is 5.88 Å². The summed E-state index contributed by atoms with van der Waals surface area (Å²) < 4.78 is 5.01. The second-order valence-corrected chi connectivity index (χ2v) is 5.21. The van der Waals surface area contributed by atoms with E-state index < -0.39 is 0 Å². The summed E-state index contributed by atoms with van der Waals surface area (Å²) in [5.41, 5.74) is 0.962. The molecular weight excluding hydrogens is 250 g/mol. The van der Waals surface area contributed by atoms with Gasteiger partial charge in [0.25, 0.3) is 5.88 Å². The highest BCUT2D eigenvalue weighted by molar-refractivity contribution is 6.31. The maximum atomic E-state index is 6.07. The SMILES string of the molecule is CCN1CCCC(Cc2cc(Cl)c(OC)nn2)C1. The quantitative estimate of drug-likeness (QED) is 0.841. The van der Waals surface area contributed by atoms with E-state index in [1.807, 2.05) is 6.07 Å². The molecule has 1 unspecified atom stereocenters. The Morgan fingerprint density at radius 1 is 1.50 bits per heavy atom. The molecule has 2 heterocycles. The summed E-state index contributed by atoms with van der Waals surface area (Å²) in [6.07, 6.45) is 3.49. The zero-order valence-electron chi connectivity index (χ0n) is 11.0. The highest BCUT2D eigenvalue weighted by Gasteiger charge is 2.20. The predicted molar refractivity (Wildman–Crippen MR) is 72.1 cm³/mol. The molecule has 0 aromatic carbocycles. The Bertz CT molecular complexity index is 400. The minimum Gasteiger partial charge on any atom is -0.479 e. The molecule has 0 N–H and O–H groups in total. The van der Waals surface area contributed by atoms with E-state index in [1.165, 1.54) is 19.4 Å². The molecule has 1 aliphatic heterocycles. The first-order valence-electron chi connectivity index (χ1n) is 6.51. The lowest BCUT2D eigenvalue weighted by atomic mass is 9.93. The van der Waals surface area contributed by atoms with E-state index in [2.05, 4.69) is 22.0 Å². The summed E-state index contributed by atoms with van der Waals surface area (Å²) in [6.45, 7) is 5.72. The molecule has 100 valence electrons. The van der Waals surface area contributed by atoms with Gasteiger partial charge in [-0.3, -0.25) is 0 Å². The van der Waals surface area contributed by atoms with Gasteiger partial charge in [-0.2, -0.15) is 5.10 Å². The number of halogens is 1. The largest absolute Gasteiger partial charge is 0.479 e. The Kier molecular flexibility index (Phi) is 4.78. The highest BCUT2D eigenvalue weighted by Crippen LogP contribution is 2.24. The van der Waals surface area contributed by atoms with Gasteiger partial charge in [-0.15, -0.1) is 5.10 Å². The number of piperidine rings is 1. The van der Waals surface area contributed by atoms with Gasteiger partial charge in [0.2, 0.25) is 0 Å². The lowest BCUT2D eigenvalue weighted by molar-refractivity contribution is 0.181. The third-order valence-electron chi connectivity index (χ3n) is 3.51. The van der Waals surface area contributed by atoms with Gasteiger partial charge >= 0.3 is 0 Å². The zero-order valence-corrected chi connectivity index (χ0v) is 11.8. The molecule has 1 atom stereocenters. The minimum atomic E-state index is 0.402. The van der Waals surface area contributed by atoms with Gasteiger partial charge in [0, 0.05) is 6.54 Å². The molecule has 18 heavy (non-hydrogen) atoms. The number of hydrogen-bond acceptors (Lipinski definition) is 4. The van der Waals surface area contributed by atoms with Gasteiger partial charge in [0.15, 0.2) is 0 Å². The molecule has 0 amide bonds. The van der Waals surface area contributed by atoms with Crippen LogP contribution >= 0.6 is 11.6 Å². The molecule has 0 spiro atoms. The van der Waals surface area contributed by atoms with E-state index in [4.69, 9.17) is 16.3 Å². The fourth-order valence-corrected chi connectivity index (χ4v) is 2.77. The Balaban J connectivity index is 1.98. The number of rotatable bonds is 4. The first kappa shape index (κ1) is 13.6. The van der Waals surface area contributed by atoms with Crippen molar-refractivity contribution in [3.8, 4) is 5.88 Å². The molecule has 1 aliphatic rings. The van der Waals surface area contributed by atoms with Crippen LogP contribution < -0.4 is 4.74 Å². The van der Waals surface area contributed by atoms with E-state index in [0.717, 1.165) is 25.2 Å². The van der Waals surface area contributed by atoms with Gasteiger partial charge < -0.3 is 9.64 Å². The van der Waals surface area contributed by atoms with E-state index in [1.54, 1.807) is 7.11 Å². The van der Waals surface area contributed by atoms with E-state index >= 15 is 0 Å². The lowest BCUT2D eigenvalue weighted by Crippen LogP contribution is -2.36.